The Labute approximate surface area is 124 Å². The van der Waals surface area contributed by atoms with E-state index in [9.17, 15) is 4.39 Å². The average molecular weight is 288 g/mol. The SMILES string of the molecule is Cc1ccncc1Nc1nccc(CNC(C)(C)C)c1F. The van der Waals surface area contributed by atoms with Gasteiger partial charge in [0.25, 0.3) is 0 Å². The van der Waals surface area contributed by atoms with Gasteiger partial charge in [-0.15, -0.1) is 0 Å². The summed E-state index contributed by atoms with van der Waals surface area (Å²) in [7, 11) is 0. The molecular formula is C16H21FN4. The average Bonchev–Trinajstić information content (AvgIpc) is 2.41. The minimum atomic E-state index is -0.336. The number of rotatable bonds is 4. The van der Waals surface area contributed by atoms with E-state index in [0.717, 1.165) is 11.3 Å². The highest BCUT2D eigenvalue weighted by Crippen LogP contribution is 2.22. The van der Waals surface area contributed by atoms with Crippen LogP contribution in [0.2, 0.25) is 0 Å². The first-order valence-electron chi connectivity index (χ1n) is 6.93. The number of pyridine rings is 2. The Morgan fingerprint density at radius 2 is 1.95 bits per heavy atom. The van der Waals surface area contributed by atoms with Gasteiger partial charge in [0.05, 0.1) is 11.9 Å². The van der Waals surface area contributed by atoms with Gasteiger partial charge in [0.15, 0.2) is 11.6 Å². The molecule has 0 saturated heterocycles. The van der Waals surface area contributed by atoms with Gasteiger partial charge < -0.3 is 10.6 Å². The topological polar surface area (TPSA) is 49.8 Å². The van der Waals surface area contributed by atoms with Crippen molar-refractivity contribution in [2.45, 2.75) is 39.8 Å². The van der Waals surface area contributed by atoms with Crippen LogP contribution in [0.1, 0.15) is 31.9 Å². The van der Waals surface area contributed by atoms with Gasteiger partial charge in [-0.2, -0.15) is 0 Å². The van der Waals surface area contributed by atoms with E-state index in [1.165, 1.54) is 0 Å². The van der Waals surface area contributed by atoms with Gasteiger partial charge in [0.1, 0.15) is 0 Å². The second-order valence-electron chi connectivity index (χ2n) is 6.05. The maximum Gasteiger partial charge on any atom is 0.170 e. The van der Waals surface area contributed by atoms with Gasteiger partial charge >= 0.3 is 0 Å². The number of aryl methyl sites for hydroxylation is 1. The highest BCUT2D eigenvalue weighted by atomic mass is 19.1. The van der Waals surface area contributed by atoms with Crippen molar-refractivity contribution >= 4 is 11.5 Å². The van der Waals surface area contributed by atoms with Gasteiger partial charge in [-0.3, -0.25) is 4.98 Å². The zero-order valence-electron chi connectivity index (χ0n) is 12.9. The highest BCUT2D eigenvalue weighted by Gasteiger charge is 2.14. The molecule has 0 aromatic carbocycles. The van der Waals surface area contributed by atoms with Crippen LogP contribution in [0.5, 0.6) is 0 Å². The van der Waals surface area contributed by atoms with Crippen molar-refractivity contribution in [3.63, 3.8) is 0 Å². The Balaban J connectivity index is 2.20. The molecule has 0 unspecified atom stereocenters. The van der Waals surface area contributed by atoms with Gasteiger partial charge in [-0.05, 0) is 45.4 Å². The van der Waals surface area contributed by atoms with E-state index in [2.05, 4.69) is 20.6 Å². The third kappa shape index (κ3) is 4.23. The summed E-state index contributed by atoms with van der Waals surface area (Å²) in [6.07, 6.45) is 4.97. The summed E-state index contributed by atoms with van der Waals surface area (Å²) in [4.78, 5) is 8.12. The van der Waals surface area contributed by atoms with Crippen LogP contribution in [0.15, 0.2) is 30.7 Å². The van der Waals surface area contributed by atoms with E-state index in [-0.39, 0.29) is 17.2 Å². The van der Waals surface area contributed by atoms with Crippen LogP contribution in [-0.4, -0.2) is 15.5 Å². The van der Waals surface area contributed by atoms with Crippen molar-refractivity contribution in [3.05, 3.63) is 47.7 Å². The molecular weight excluding hydrogens is 267 g/mol. The molecule has 2 aromatic heterocycles. The summed E-state index contributed by atoms with van der Waals surface area (Å²) >= 11 is 0. The second kappa shape index (κ2) is 6.18. The smallest absolute Gasteiger partial charge is 0.170 e. The van der Waals surface area contributed by atoms with E-state index in [1.807, 2.05) is 33.8 Å². The minimum Gasteiger partial charge on any atom is -0.336 e. The molecule has 0 aliphatic rings. The highest BCUT2D eigenvalue weighted by molar-refractivity contribution is 5.59. The molecule has 21 heavy (non-hydrogen) atoms. The number of nitrogens with one attached hydrogen (secondary N) is 2. The first-order valence-corrected chi connectivity index (χ1v) is 6.93. The minimum absolute atomic E-state index is 0.0662. The number of aromatic nitrogens is 2. The maximum atomic E-state index is 14.5. The van der Waals surface area contributed by atoms with Crippen LogP contribution in [-0.2, 0) is 6.54 Å². The van der Waals surface area contributed by atoms with E-state index in [1.54, 1.807) is 24.7 Å². The van der Waals surface area contributed by atoms with Crippen LogP contribution < -0.4 is 10.6 Å². The van der Waals surface area contributed by atoms with Crippen LogP contribution in [0.4, 0.5) is 15.9 Å². The van der Waals surface area contributed by atoms with Crippen molar-refractivity contribution in [2.24, 2.45) is 0 Å². The van der Waals surface area contributed by atoms with Crippen molar-refractivity contribution in [3.8, 4) is 0 Å². The zero-order chi connectivity index (χ0) is 15.5. The van der Waals surface area contributed by atoms with Crippen molar-refractivity contribution in [1.82, 2.24) is 15.3 Å². The zero-order valence-corrected chi connectivity index (χ0v) is 12.9. The number of nitrogens with zero attached hydrogens (tertiary/aromatic N) is 2. The maximum absolute atomic E-state index is 14.5. The summed E-state index contributed by atoms with van der Waals surface area (Å²) in [6.45, 7) is 8.53. The molecule has 5 heteroatoms. The van der Waals surface area contributed by atoms with Crippen molar-refractivity contribution in [1.29, 1.82) is 0 Å². The Morgan fingerprint density at radius 3 is 2.62 bits per heavy atom. The fraction of sp³-hybridized carbons (Fsp3) is 0.375. The Kier molecular flexibility index (Phi) is 4.53. The number of hydrogen-bond acceptors (Lipinski definition) is 4. The summed E-state index contributed by atoms with van der Waals surface area (Å²) in [5, 5.41) is 6.28. The third-order valence-electron chi connectivity index (χ3n) is 3.07. The van der Waals surface area contributed by atoms with Crippen LogP contribution in [0.25, 0.3) is 0 Å². The molecule has 2 heterocycles. The molecule has 0 saturated carbocycles. The van der Waals surface area contributed by atoms with Crippen molar-refractivity contribution in [2.75, 3.05) is 5.32 Å². The van der Waals surface area contributed by atoms with Crippen LogP contribution in [0.3, 0.4) is 0 Å². The van der Waals surface area contributed by atoms with Gasteiger partial charge in [0.2, 0.25) is 0 Å². The largest absolute Gasteiger partial charge is 0.336 e. The lowest BCUT2D eigenvalue weighted by atomic mass is 10.1. The lowest BCUT2D eigenvalue weighted by Crippen LogP contribution is -2.35. The molecule has 0 radical (unpaired) electrons. The van der Waals surface area contributed by atoms with E-state index in [0.29, 0.717) is 12.1 Å². The lowest BCUT2D eigenvalue weighted by Gasteiger charge is -2.21. The first kappa shape index (κ1) is 15.4. The quantitative estimate of drug-likeness (QED) is 0.903. The molecule has 0 bridgehead atoms. The van der Waals surface area contributed by atoms with E-state index < -0.39 is 0 Å². The second-order valence-corrected chi connectivity index (χ2v) is 6.05. The van der Waals surface area contributed by atoms with E-state index in [4.69, 9.17) is 0 Å². The summed E-state index contributed by atoms with van der Waals surface area (Å²) in [6, 6.07) is 3.56. The summed E-state index contributed by atoms with van der Waals surface area (Å²) < 4.78 is 14.5. The third-order valence-corrected chi connectivity index (χ3v) is 3.07. The molecule has 0 spiro atoms. The molecule has 0 atom stereocenters. The predicted molar refractivity (Wildman–Crippen MR) is 83.0 cm³/mol. The molecule has 112 valence electrons. The predicted octanol–water partition coefficient (Wildman–Crippen LogP) is 3.56. The molecule has 0 amide bonds. The lowest BCUT2D eigenvalue weighted by molar-refractivity contribution is 0.418. The number of anilines is 2. The summed E-state index contributed by atoms with van der Waals surface area (Å²) in [5.41, 5.74) is 2.27. The summed E-state index contributed by atoms with van der Waals surface area (Å²) in [5.74, 6) is -0.114. The Bertz CT molecular complexity index is 620. The molecule has 0 fully saturated rings. The number of hydrogen-bond donors (Lipinski definition) is 2. The fourth-order valence-electron chi connectivity index (χ4n) is 1.79. The standard InChI is InChI=1S/C16H21FN4/c1-11-5-7-18-10-13(11)21-15-14(17)12(6-8-19-15)9-20-16(2,3)4/h5-8,10,20H,9H2,1-4H3,(H,19,21). The molecule has 2 rings (SSSR count). The van der Waals surface area contributed by atoms with E-state index >= 15 is 0 Å². The fourth-order valence-corrected chi connectivity index (χ4v) is 1.79. The van der Waals surface area contributed by atoms with Crippen LogP contribution >= 0.6 is 0 Å². The number of halogens is 1. The molecule has 0 aliphatic carbocycles. The van der Waals surface area contributed by atoms with Gasteiger partial charge in [0, 0.05) is 30.0 Å². The normalized spacial score (nSPS) is 11.5. The molecule has 2 aromatic rings. The van der Waals surface area contributed by atoms with Gasteiger partial charge in [-0.25, -0.2) is 9.37 Å². The Morgan fingerprint density at radius 1 is 1.19 bits per heavy atom. The van der Waals surface area contributed by atoms with Gasteiger partial charge in [-0.1, -0.05) is 0 Å². The Hall–Kier alpha value is -2.01. The molecule has 2 N–H and O–H groups in total. The van der Waals surface area contributed by atoms with Crippen molar-refractivity contribution < 1.29 is 4.39 Å². The first-order chi connectivity index (χ1) is 9.87. The monoisotopic (exact) mass is 288 g/mol. The molecule has 4 nitrogen and oxygen atoms in total. The molecule has 0 aliphatic heterocycles. The van der Waals surface area contributed by atoms with Crippen LogP contribution in [0, 0.1) is 12.7 Å².